The predicted molar refractivity (Wildman–Crippen MR) is 73.3 cm³/mol. The Morgan fingerprint density at radius 2 is 1.85 bits per heavy atom. The van der Waals surface area contributed by atoms with E-state index in [1.165, 1.54) is 14.2 Å². The van der Waals surface area contributed by atoms with Crippen LogP contribution in [0.15, 0.2) is 22.4 Å². The number of halogens is 1. The highest BCUT2D eigenvalue weighted by molar-refractivity contribution is 6.47. The van der Waals surface area contributed by atoms with E-state index in [1.54, 1.807) is 4.90 Å². The summed E-state index contributed by atoms with van der Waals surface area (Å²) in [6.07, 6.45) is 0.772. The van der Waals surface area contributed by atoms with Crippen LogP contribution in [0.1, 0.15) is 13.8 Å². The number of hydrogen-bond donors (Lipinski definition) is 1. The summed E-state index contributed by atoms with van der Waals surface area (Å²) in [5, 5.41) is 8.85. The molecule has 0 amide bonds. The van der Waals surface area contributed by atoms with Gasteiger partial charge in [-0.1, -0.05) is 11.6 Å². The van der Waals surface area contributed by atoms with E-state index in [-0.39, 0.29) is 10.6 Å². The van der Waals surface area contributed by atoms with Gasteiger partial charge in [0.15, 0.2) is 0 Å². The van der Waals surface area contributed by atoms with Crippen molar-refractivity contribution in [3.63, 3.8) is 0 Å². The van der Waals surface area contributed by atoms with Crippen molar-refractivity contribution >= 4 is 23.4 Å². The Labute approximate surface area is 122 Å². The van der Waals surface area contributed by atoms with Crippen LogP contribution in [-0.4, -0.2) is 54.9 Å². The normalized spacial score (nSPS) is 19.9. The Bertz CT molecular complexity index is 475. The number of allylic oxidation sites excluding steroid dienone is 1. The molecular formula is C13H18ClNO5. The molecule has 0 saturated heterocycles. The first-order valence-corrected chi connectivity index (χ1v) is 6.52. The number of Topliss-reactive ketones (excluding diaryl/α,β-unsaturated/α-hetero) is 1. The Morgan fingerprint density at radius 1 is 1.35 bits per heavy atom. The van der Waals surface area contributed by atoms with Crippen molar-refractivity contribution < 1.29 is 24.2 Å². The third-order valence-electron chi connectivity index (χ3n) is 3.24. The lowest BCUT2D eigenvalue weighted by Crippen LogP contribution is -2.43. The summed E-state index contributed by atoms with van der Waals surface area (Å²) in [7, 11) is 2.68. The molecule has 0 bridgehead atoms. The molecule has 112 valence electrons. The number of ketones is 1. The number of nitrogens with zero attached hydrogens (tertiary/aromatic N) is 1. The molecule has 0 heterocycles. The second kappa shape index (κ2) is 6.39. The van der Waals surface area contributed by atoms with Crippen molar-refractivity contribution in [3.05, 3.63) is 22.4 Å². The first-order chi connectivity index (χ1) is 9.39. The number of hydrogen-bond acceptors (Lipinski definition) is 5. The second-order valence-electron chi connectivity index (χ2n) is 4.09. The fourth-order valence-corrected chi connectivity index (χ4v) is 2.66. The van der Waals surface area contributed by atoms with Gasteiger partial charge in [0.05, 0.1) is 5.57 Å². The van der Waals surface area contributed by atoms with E-state index in [0.29, 0.717) is 18.8 Å². The minimum atomic E-state index is -1.58. The van der Waals surface area contributed by atoms with Gasteiger partial charge in [-0.15, -0.1) is 0 Å². The van der Waals surface area contributed by atoms with E-state index in [0.717, 1.165) is 6.08 Å². The van der Waals surface area contributed by atoms with Crippen LogP contribution in [0.25, 0.3) is 0 Å². The summed E-state index contributed by atoms with van der Waals surface area (Å²) in [5.74, 6) is -3.45. The summed E-state index contributed by atoms with van der Waals surface area (Å²) in [5.41, 5.74) is 0.202. The summed E-state index contributed by atoms with van der Waals surface area (Å²) in [6, 6.07) is 0. The van der Waals surface area contributed by atoms with E-state index in [1.807, 2.05) is 13.8 Å². The van der Waals surface area contributed by atoms with Gasteiger partial charge in [-0.05, 0) is 13.8 Å². The van der Waals surface area contributed by atoms with Crippen molar-refractivity contribution in [1.29, 1.82) is 0 Å². The topological polar surface area (TPSA) is 76.1 Å². The number of carboxylic acids is 1. The van der Waals surface area contributed by atoms with Crippen LogP contribution in [0.4, 0.5) is 0 Å². The third-order valence-corrected chi connectivity index (χ3v) is 3.59. The van der Waals surface area contributed by atoms with E-state index in [2.05, 4.69) is 0 Å². The van der Waals surface area contributed by atoms with Crippen LogP contribution in [0.3, 0.4) is 0 Å². The maximum absolute atomic E-state index is 12.2. The number of carbonyl (C=O) groups is 2. The fourth-order valence-electron chi connectivity index (χ4n) is 2.31. The van der Waals surface area contributed by atoms with Crippen molar-refractivity contribution in [2.75, 3.05) is 27.3 Å². The summed E-state index contributed by atoms with van der Waals surface area (Å²) < 4.78 is 10.7. The molecule has 0 saturated carbocycles. The number of likely N-dealkylation sites (N-methyl/N-ethyl adjacent to an activating group) is 1. The first kappa shape index (κ1) is 16.7. The van der Waals surface area contributed by atoms with Gasteiger partial charge in [0.2, 0.25) is 11.6 Å². The summed E-state index contributed by atoms with van der Waals surface area (Å²) in [4.78, 5) is 24.9. The SMILES string of the molecule is CCN(CC)C1=C(Cl)C(=O)/C(=C/C(=O)O)C1(OC)OC. The minimum Gasteiger partial charge on any atom is -0.478 e. The standard InChI is InChI=1S/C13H18ClNO5/c1-5-15(6-2)12-10(14)11(18)8(7-9(16)17)13(12,19-3)20-4/h7H,5-6H2,1-4H3,(H,16,17)/b8-7-. The molecule has 0 spiro atoms. The Morgan fingerprint density at radius 3 is 2.20 bits per heavy atom. The molecule has 0 aromatic rings. The van der Waals surface area contributed by atoms with Gasteiger partial charge in [0, 0.05) is 33.4 Å². The van der Waals surface area contributed by atoms with Gasteiger partial charge < -0.3 is 19.5 Å². The number of carboxylic acid groups (broad SMARTS) is 1. The highest BCUT2D eigenvalue weighted by Crippen LogP contribution is 2.44. The lowest BCUT2D eigenvalue weighted by molar-refractivity contribution is -0.162. The van der Waals surface area contributed by atoms with Crippen molar-refractivity contribution in [2.45, 2.75) is 19.6 Å². The number of carbonyl (C=O) groups excluding carboxylic acids is 1. The van der Waals surface area contributed by atoms with Gasteiger partial charge in [0.1, 0.15) is 10.7 Å². The molecule has 0 fully saturated rings. The number of rotatable bonds is 6. The lowest BCUT2D eigenvalue weighted by atomic mass is 10.1. The van der Waals surface area contributed by atoms with Gasteiger partial charge in [-0.3, -0.25) is 4.79 Å². The molecule has 0 aromatic heterocycles. The maximum atomic E-state index is 12.2. The van der Waals surface area contributed by atoms with Crippen molar-refractivity contribution in [2.24, 2.45) is 0 Å². The zero-order valence-corrected chi connectivity index (χ0v) is 12.7. The smallest absolute Gasteiger partial charge is 0.328 e. The molecule has 0 atom stereocenters. The zero-order chi connectivity index (χ0) is 15.5. The number of ether oxygens (including phenoxy) is 2. The summed E-state index contributed by atoms with van der Waals surface area (Å²) >= 11 is 6.10. The molecular weight excluding hydrogens is 286 g/mol. The summed E-state index contributed by atoms with van der Waals surface area (Å²) in [6.45, 7) is 4.93. The van der Waals surface area contributed by atoms with Gasteiger partial charge in [0.25, 0.3) is 0 Å². The van der Waals surface area contributed by atoms with Gasteiger partial charge in [-0.25, -0.2) is 4.79 Å². The average Bonchev–Trinajstić information content (AvgIpc) is 2.63. The molecule has 7 heteroatoms. The number of aliphatic carboxylic acids is 1. The molecule has 20 heavy (non-hydrogen) atoms. The van der Waals surface area contributed by atoms with Crippen LogP contribution >= 0.6 is 11.6 Å². The van der Waals surface area contributed by atoms with Crippen LogP contribution in [0, 0.1) is 0 Å². The Hall–Kier alpha value is -1.37. The lowest BCUT2D eigenvalue weighted by Gasteiger charge is -2.35. The molecule has 0 radical (unpaired) electrons. The largest absolute Gasteiger partial charge is 0.478 e. The highest BCUT2D eigenvalue weighted by atomic mass is 35.5. The molecule has 0 unspecified atom stereocenters. The van der Waals surface area contributed by atoms with E-state index in [4.69, 9.17) is 26.2 Å². The van der Waals surface area contributed by atoms with E-state index in [9.17, 15) is 9.59 Å². The van der Waals surface area contributed by atoms with Crippen molar-refractivity contribution in [3.8, 4) is 0 Å². The van der Waals surface area contributed by atoms with Gasteiger partial charge in [-0.2, -0.15) is 0 Å². The van der Waals surface area contributed by atoms with Gasteiger partial charge >= 0.3 is 5.97 Å². The fraction of sp³-hybridized carbons (Fsp3) is 0.538. The Kier molecular flexibility index (Phi) is 5.33. The minimum absolute atomic E-state index is 0.0788. The van der Waals surface area contributed by atoms with Crippen LogP contribution in [0.5, 0.6) is 0 Å². The molecule has 1 N–H and O–H groups in total. The zero-order valence-electron chi connectivity index (χ0n) is 11.9. The molecule has 1 aliphatic carbocycles. The van der Waals surface area contributed by atoms with E-state index < -0.39 is 17.5 Å². The van der Waals surface area contributed by atoms with Crippen LogP contribution in [0.2, 0.25) is 0 Å². The predicted octanol–water partition coefficient (Wildman–Crippen LogP) is 1.36. The first-order valence-electron chi connectivity index (χ1n) is 6.14. The molecule has 0 aromatic carbocycles. The maximum Gasteiger partial charge on any atom is 0.328 e. The molecule has 0 aliphatic heterocycles. The average molecular weight is 304 g/mol. The quantitative estimate of drug-likeness (QED) is 0.590. The highest BCUT2D eigenvalue weighted by Gasteiger charge is 2.53. The molecule has 6 nitrogen and oxygen atoms in total. The monoisotopic (exact) mass is 303 g/mol. The third kappa shape index (κ3) is 2.46. The second-order valence-corrected chi connectivity index (χ2v) is 4.46. The Balaban J connectivity index is 3.54. The van der Waals surface area contributed by atoms with Crippen LogP contribution in [-0.2, 0) is 19.1 Å². The van der Waals surface area contributed by atoms with E-state index >= 15 is 0 Å². The molecule has 1 aliphatic rings. The van der Waals surface area contributed by atoms with Crippen molar-refractivity contribution in [1.82, 2.24) is 4.90 Å². The van der Waals surface area contributed by atoms with Crippen LogP contribution < -0.4 is 0 Å². The number of methoxy groups -OCH3 is 2. The molecule has 1 rings (SSSR count).